The zero-order chi connectivity index (χ0) is 19.2. The molecule has 2 fully saturated rings. The van der Waals surface area contributed by atoms with Crippen LogP contribution in [0.15, 0.2) is 60.7 Å². The fourth-order valence-corrected chi connectivity index (χ4v) is 7.47. The Balaban J connectivity index is 1.56. The van der Waals surface area contributed by atoms with Crippen molar-refractivity contribution in [1.29, 1.82) is 0 Å². The molecule has 2 saturated carbocycles. The fraction of sp³-hybridized carbons (Fsp3) is 0.357. The smallest absolute Gasteiger partial charge is 0.0471 e. The Morgan fingerprint density at radius 1 is 0.793 bits per heavy atom. The molecule has 29 heavy (non-hydrogen) atoms. The number of aromatic amines is 1. The van der Waals surface area contributed by atoms with E-state index in [9.17, 15) is 0 Å². The third-order valence-corrected chi connectivity index (χ3v) is 8.51. The Morgan fingerprint density at radius 3 is 2.62 bits per heavy atom. The predicted octanol–water partition coefficient (Wildman–Crippen LogP) is 7.43. The highest BCUT2D eigenvalue weighted by Gasteiger charge is 2.53. The molecule has 0 radical (unpaired) electrons. The minimum atomic E-state index is 0.226. The van der Waals surface area contributed by atoms with Crippen molar-refractivity contribution >= 4 is 21.8 Å². The number of aromatic nitrogens is 1. The number of rotatable bonds is 0. The van der Waals surface area contributed by atoms with Crippen molar-refractivity contribution < 1.29 is 0 Å². The molecule has 4 unspecified atom stereocenters. The Hall–Kier alpha value is -2.54. The summed E-state index contributed by atoms with van der Waals surface area (Å²) < 4.78 is 0. The minimum Gasteiger partial charge on any atom is -0.354 e. The molecule has 3 aromatic carbocycles. The lowest BCUT2D eigenvalue weighted by atomic mass is 9.53. The molecule has 1 heteroatoms. The van der Waals surface area contributed by atoms with Gasteiger partial charge < -0.3 is 4.98 Å². The lowest BCUT2D eigenvalue weighted by Crippen LogP contribution is -2.44. The van der Waals surface area contributed by atoms with E-state index in [4.69, 9.17) is 0 Å². The van der Waals surface area contributed by atoms with Gasteiger partial charge in [-0.15, -0.1) is 0 Å². The van der Waals surface area contributed by atoms with E-state index in [0.29, 0.717) is 0 Å². The summed E-state index contributed by atoms with van der Waals surface area (Å²) in [7, 11) is 0. The average Bonchev–Trinajstić information content (AvgIpc) is 3.23. The van der Waals surface area contributed by atoms with E-state index in [2.05, 4.69) is 72.6 Å². The van der Waals surface area contributed by atoms with Gasteiger partial charge in [0.05, 0.1) is 0 Å². The molecule has 1 nitrogen and oxygen atoms in total. The van der Waals surface area contributed by atoms with Crippen molar-refractivity contribution in [3.8, 4) is 11.1 Å². The maximum absolute atomic E-state index is 3.68. The van der Waals surface area contributed by atoms with E-state index in [1.54, 1.807) is 11.1 Å². The van der Waals surface area contributed by atoms with Gasteiger partial charge in [0.2, 0.25) is 0 Å². The molecule has 4 aromatic rings. The maximum atomic E-state index is 3.68. The van der Waals surface area contributed by atoms with Crippen LogP contribution in [0.25, 0.3) is 32.9 Å². The molecule has 1 heterocycles. The molecule has 1 aromatic heterocycles. The van der Waals surface area contributed by atoms with E-state index in [1.807, 2.05) is 0 Å². The zero-order valence-corrected chi connectivity index (χ0v) is 17.0. The van der Waals surface area contributed by atoms with E-state index in [0.717, 1.165) is 17.8 Å². The molecule has 1 N–H and O–H groups in total. The van der Waals surface area contributed by atoms with Gasteiger partial charge >= 0.3 is 0 Å². The van der Waals surface area contributed by atoms with E-state index < -0.39 is 0 Å². The van der Waals surface area contributed by atoms with Gasteiger partial charge in [-0.05, 0) is 90.3 Å². The number of nitrogens with one attached hydrogen (secondary N) is 1. The van der Waals surface area contributed by atoms with Crippen LogP contribution >= 0.6 is 0 Å². The van der Waals surface area contributed by atoms with Crippen LogP contribution in [-0.4, -0.2) is 4.98 Å². The molecular weight excluding hydrogens is 350 g/mol. The lowest BCUT2D eigenvalue weighted by Gasteiger charge is -2.50. The summed E-state index contributed by atoms with van der Waals surface area (Å²) in [5, 5.41) is 2.76. The molecule has 0 saturated heterocycles. The number of para-hydroxylation sites is 1. The number of H-pyrrole nitrogens is 1. The average molecular weight is 378 g/mol. The van der Waals surface area contributed by atoms with Crippen LogP contribution in [-0.2, 0) is 5.41 Å². The molecule has 3 aliphatic carbocycles. The topological polar surface area (TPSA) is 15.8 Å². The van der Waals surface area contributed by atoms with Crippen molar-refractivity contribution in [2.45, 2.75) is 44.4 Å². The summed E-state index contributed by atoms with van der Waals surface area (Å²) in [6.07, 6.45) is 6.97. The highest BCUT2D eigenvalue weighted by Crippen LogP contribution is 2.62. The van der Waals surface area contributed by atoms with Gasteiger partial charge in [-0.2, -0.15) is 0 Å². The van der Waals surface area contributed by atoms with Gasteiger partial charge in [0.15, 0.2) is 0 Å². The number of benzene rings is 3. The molecule has 0 amide bonds. The van der Waals surface area contributed by atoms with Crippen LogP contribution in [0.5, 0.6) is 0 Å². The summed E-state index contributed by atoms with van der Waals surface area (Å²) in [5.41, 5.74) is 8.96. The Morgan fingerprint density at radius 2 is 1.66 bits per heavy atom. The second-order valence-electron chi connectivity index (χ2n) is 10.0. The van der Waals surface area contributed by atoms with Gasteiger partial charge in [-0.25, -0.2) is 0 Å². The highest BCUT2D eigenvalue weighted by molar-refractivity contribution is 6.09. The third kappa shape index (κ3) is 2.01. The van der Waals surface area contributed by atoms with Crippen molar-refractivity contribution in [1.82, 2.24) is 4.98 Å². The Labute approximate surface area is 172 Å². The summed E-state index contributed by atoms with van der Waals surface area (Å²) >= 11 is 0. The summed E-state index contributed by atoms with van der Waals surface area (Å²) in [6.45, 7) is 2.49. The van der Waals surface area contributed by atoms with Crippen LogP contribution in [0.3, 0.4) is 0 Å². The monoisotopic (exact) mass is 377 g/mol. The molecule has 1 spiro atoms. The number of fused-ring (bicyclic) bond motifs is 11. The first-order valence-corrected chi connectivity index (χ1v) is 11.4. The summed E-state index contributed by atoms with van der Waals surface area (Å²) in [5.74, 6) is 2.60. The number of hydrogen-bond donors (Lipinski definition) is 1. The van der Waals surface area contributed by atoms with E-state index >= 15 is 0 Å². The van der Waals surface area contributed by atoms with Gasteiger partial charge in [0.25, 0.3) is 0 Å². The van der Waals surface area contributed by atoms with Crippen molar-refractivity contribution in [2.75, 3.05) is 0 Å². The molecule has 2 bridgehead atoms. The van der Waals surface area contributed by atoms with Gasteiger partial charge in [-0.3, -0.25) is 0 Å². The largest absolute Gasteiger partial charge is 0.354 e. The molecule has 144 valence electrons. The van der Waals surface area contributed by atoms with Crippen LogP contribution in [0.2, 0.25) is 0 Å². The third-order valence-electron chi connectivity index (χ3n) is 8.51. The first-order chi connectivity index (χ1) is 14.2. The molecule has 0 aliphatic heterocycles. The van der Waals surface area contributed by atoms with E-state index in [1.165, 1.54) is 65.0 Å². The zero-order valence-electron chi connectivity index (χ0n) is 17.0. The normalized spacial score (nSPS) is 30.0. The van der Waals surface area contributed by atoms with E-state index in [-0.39, 0.29) is 5.41 Å². The second kappa shape index (κ2) is 5.53. The first kappa shape index (κ1) is 16.3. The van der Waals surface area contributed by atoms with Crippen molar-refractivity contribution in [3.05, 3.63) is 71.8 Å². The number of hydrogen-bond acceptors (Lipinski definition) is 0. The fourth-order valence-electron chi connectivity index (χ4n) is 7.47. The quantitative estimate of drug-likeness (QED) is 0.328. The lowest BCUT2D eigenvalue weighted by molar-refractivity contribution is 0.0856. The second-order valence-corrected chi connectivity index (χ2v) is 10.0. The molecular formula is C28H27N. The highest BCUT2D eigenvalue weighted by atomic mass is 14.7. The van der Waals surface area contributed by atoms with Gasteiger partial charge in [0, 0.05) is 27.2 Å². The van der Waals surface area contributed by atoms with Crippen LogP contribution in [0.1, 0.15) is 50.2 Å². The van der Waals surface area contributed by atoms with Crippen LogP contribution < -0.4 is 0 Å². The molecule has 4 atom stereocenters. The Kier molecular flexibility index (Phi) is 3.11. The summed E-state index contributed by atoms with van der Waals surface area (Å²) in [4.78, 5) is 3.68. The minimum absolute atomic E-state index is 0.226. The van der Waals surface area contributed by atoms with Gasteiger partial charge in [-0.1, -0.05) is 49.4 Å². The Bertz CT molecular complexity index is 1280. The van der Waals surface area contributed by atoms with Crippen molar-refractivity contribution in [2.24, 2.45) is 17.8 Å². The maximum Gasteiger partial charge on any atom is 0.0471 e. The SMILES string of the molecule is CC1CC2CCC3(c4ccccc4-c4cc5[nH]c6ccccc6c5cc43)C(C1)C2. The first-order valence-electron chi connectivity index (χ1n) is 11.4. The van der Waals surface area contributed by atoms with Crippen molar-refractivity contribution in [3.63, 3.8) is 0 Å². The molecule has 3 aliphatic rings. The van der Waals surface area contributed by atoms with Gasteiger partial charge in [0.1, 0.15) is 0 Å². The van der Waals surface area contributed by atoms with Crippen LogP contribution in [0, 0.1) is 17.8 Å². The molecule has 7 rings (SSSR count). The predicted molar refractivity (Wildman–Crippen MR) is 121 cm³/mol. The standard InChI is InChI=1S/C28H27N/c1-17-12-18-10-11-28(19(13-17)14-18)24-8-4-2-6-20(24)22-16-27-23(15-25(22)28)21-7-3-5-9-26(21)29-27/h2-9,15-19,29H,10-14H2,1H3. The summed E-state index contributed by atoms with van der Waals surface area (Å²) in [6, 6.07) is 23.1. The van der Waals surface area contributed by atoms with Crippen LogP contribution in [0.4, 0.5) is 0 Å².